The van der Waals surface area contributed by atoms with Crippen LogP contribution in [-0.2, 0) is 4.79 Å². The van der Waals surface area contributed by atoms with Gasteiger partial charge in [-0.1, -0.05) is 26.7 Å². The van der Waals surface area contributed by atoms with Crippen LogP contribution in [0.2, 0.25) is 0 Å². The van der Waals surface area contributed by atoms with Crippen molar-refractivity contribution in [3.05, 3.63) is 0 Å². The van der Waals surface area contributed by atoms with Crippen molar-refractivity contribution >= 4 is 5.97 Å². The Morgan fingerprint density at radius 2 is 2.00 bits per heavy atom. The van der Waals surface area contributed by atoms with E-state index in [1.54, 1.807) is 0 Å². The van der Waals surface area contributed by atoms with Crippen LogP contribution in [0.4, 0.5) is 0 Å². The van der Waals surface area contributed by atoms with E-state index in [2.05, 4.69) is 13.8 Å². The van der Waals surface area contributed by atoms with E-state index < -0.39 is 11.5 Å². The Morgan fingerprint density at radius 3 is 2.33 bits per heavy atom. The smallest absolute Gasteiger partial charge is 0.324 e. The number of rotatable bonds is 3. The summed E-state index contributed by atoms with van der Waals surface area (Å²) in [6.07, 6.45) is 4.04. The first-order valence-corrected chi connectivity index (χ1v) is 5.83. The Kier molecular flexibility index (Phi) is 3.77. The zero-order valence-electron chi connectivity index (χ0n) is 10.3. The summed E-state index contributed by atoms with van der Waals surface area (Å²) in [5.74, 6) is 0.0634. The average molecular weight is 213 g/mol. The summed E-state index contributed by atoms with van der Waals surface area (Å²) in [5, 5.41) is 9.54. The minimum absolute atomic E-state index is 0.277. The molecule has 1 rings (SSSR count). The Balaban J connectivity index is 3.05. The highest BCUT2D eigenvalue weighted by Crippen LogP contribution is 2.41. The molecular weight excluding hydrogens is 190 g/mol. The summed E-state index contributed by atoms with van der Waals surface area (Å²) in [7, 11) is 3.80. The average Bonchev–Trinajstić information content (AvgIpc) is 2.16. The summed E-state index contributed by atoms with van der Waals surface area (Å²) in [5.41, 5.74) is -0.633. The van der Waals surface area contributed by atoms with Crippen molar-refractivity contribution in [2.24, 2.45) is 11.8 Å². The molecule has 0 heterocycles. The van der Waals surface area contributed by atoms with Gasteiger partial charge in [0.2, 0.25) is 0 Å². The predicted molar refractivity (Wildman–Crippen MR) is 60.8 cm³/mol. The van der Waals surface area contributed by atoms with Crippen LogP contribution in [0.25, 0.3) is 0 Å². The molecule has 2 atom stereocenters. The summed E-state index contributed by atoms with van der Waals surface area (Å²) >= 11 is 0. The molecule has 0 radical (unpaired) electrons. The Morgan fingerprint density at radius 1 is 1.40 bits per heavy atom. The normalized spacial score (nSPS) is 32.3. The Bertz CT molecular complexity index is 238. The first kappa shape index (κ1) is 12.5. The van der Waals surface area contributed by atoms with Gasteiger partial charge in [-0.3, -0.25) is 9.69 Å². The summed E-state index contributed by atoms with van der Waals surface area (Å²) in [4.78, 5) is 13.5. The minimum atomic E-state index is -0.647. The number of likely N-dealkylation sites (N-methyl/N-ethyl adjacent to an activating group) is 1. The third kappa shape index (κ3) is 2.03. The second-order valence-corrected chi connectivity index (χ2v) is 5.22. The molecule has 88 valence electrons. The van der Waals surface area contributed by atoms with Gasteiger partial charge in [0.25, 0.3) is 0 Å². The van der Waals surface area contributed by atoms with Crippen molar-refractivity contribution in [3.8, 4) is 0 Å². The highest BCUT2D eigenvalue weighted by atomic mass is 16.4. The van der Waals surface area contributed by atoms with E-state index in [-0.39, 0.29) is 5.92 Å². The molecule has 0 aliphatic heterocycles. The van der Waals surface area contributed by atoms with Gasteiger partial charge < -0.3 is 5.11 Å². The molecule has 15 heavy (non-hydrogen) atoms. The number of carbonyl (C=O) groups is 1. The van der Waals surface area contributed by atoms with Crippen LogP contribution in [-0.4, -0.2) is 35.6 Å². The molecule has 1 N–H and O–H groups in total. The second kappa shape index (κ2) is 4.52. The maximum atomic E-state index is 11.6. The lowest BCUT2D eigenvalue weighted by Gasteiger charge is -2.47. The highest BCUT2D eigenvalue weighted by Gasteiger charge is 2.49. The van der Waals surface area contributed by atoms with Crippen LogP contribution in [0.5, 0.6) is 0 Å². The number of hydrogen-bond donors (Lipinski definition) is 1. The van der Waals surface area contributed by atoms with Crippen molar-refractivity contribution in [3.63, 3.8) is 0 Å². The molecule has 0 spiro atoms. The molecule has 2 unspecified atom stereocenters. The fourth-order valence-electron chi connectivity index (χ4n) is 3.08. The van der Waals surface area contributed by atoms with Crippen LogP contribution >= 0.6 is 0 Å². The van der Waals surface area contributed by atoms with Crippen molar-refractivity contribution in [2.45, 2.75) is 45.1 Å². The molecule has 1 fully saturated rings. The van der Waals surface area contributed by atoms with Crippen molar-refractivity contribution in [1.29, 1.82) is 0 Å². The summed E-state index contributed by atoms with van der Waals surface area (Å²) < 4.78 is 0. The Hall–Kier alpha value is -0.570. The van der Waals surface area contributed by atoms with Crippen LogP contribution in [0.3, 0.4) is 0 Å². The van der Waals surface area contributed by atoms with Crippen LogP contribution < -0.4 is 0 Å². The first-order valence-electron chi connectivity index (χ1n) is 5.83. The lowest BCUT2D eigenvalue weighted by atomic mass is 9.67. The zero-order valence-corrected chi connectivity index (χ0v) is 10.3. The fraction of sp³-hybridized carbons (Fsp3) is 0.917. The van der Waals surface area contributed by atoms with E-state index in [0.29, 0.717) is 5.92 Å². The number of hydrogen-bond acceptors (Lipinski definition) is 2. The summed E-state index contributed by atoms with van der Waals surface area (Å²) in [6, 6.07) is 0. The summed E-state index contributed by atoms with van der Waals surface area (Å²) in [6.45, 7) is 4.27. The van der Waals surface area contributed by atoms with Gasteiger partial charge >= 0.3 is 5.97 Å². The van der Waals surface area contributed by atoms with Gasteiger partial charge in [-0.25, -0.2) is 0 Å². The molecule has 0 amide bonds. The monoisotopic (exact) mass is 213 g/mol. The predicted octanol–water partition coefficient (Wildman–Crippen LogP) is 2.22. The Labute approximate surface area is 92.5 Å². The maximum Gasteiger partial charge on any atom is 0.324 e. The lowest BCUT2D eigenvalue weighted by molar-refractivity contribution is -0.158. The molecule has 0 saturated heterocycles. The molecule has 1 aliphatic rings. The largest absolute Gasteiger partial charge is 0.480 e. The first-order chi connectivity index (χ1) is 6.93. The van der Waals surface area contributed by atoms with Crippen LogP contribution in [0.1, 0.15) is 39.5 Å². The second-order valence-electron chi connectivity index (χ2n) is 5.22. The zero-order chi connectivity index (χ0) is 11.6. The molecule has 0 aromatic carbocycles. The number of carboxylic acid groups (broad SMARTS) is 1. The topological polar surface area (TPSA) is 40.5 Å². The number of aliphatic carboxylic acids is 1. The highest BCUT2D eigenvalue weighted by molar-refractivity contribution is 5.79. The maximum absolute atomic E-state index is 11.6. The van der Waals surface area contributed by atoms with Crippen LogP contribution in [0, 0.1) is 11.8 Å². The minimum Gasteiger partial charge on any atom is -0.480 e. The van der Waals surface area contributed by atoms with E-state index in [1.807, 2.05) is 19.0 Å². The molecule has 3 nitrogen and oxygen atoms in total. The molecule has 0 aromatic rings. The standard InChI is InChI=1S/C12H23NO2/c1-9(2)10-7-5-6-8-12(10,11(14)15)13(3)4/h9-10H,5-8H2,1-4H3,(H,14,15). The third-order valence-electron chi connectivity index (χ3n) is 3.91. The molecule has 1 aliphatic carbocycles. The van der Waals surface area contributed by atoms with Gasteiger partial charge in [0.1, 0.15) is 5.54 Å². The van der Waals surface area contributed by atoms with E-state index in [9.17, 15) is 9.90 Å². The van der Waals surface area contributed by atoms with Gasteiger partial charge in [0, 0.05) is 0 Å². The van der Waals surface area contributed by atoms with Gasteiger partial charge in [0.15, 0.2) is 0 Å². The van der Waals surface area contributed by atoms with Crippen molar-refractivity contribution in [1.82, 2.24) is 4.90 Å². The fourth-order valence-corrected chi connectivity index (χ4v) is 3.08. The van der Waals surface area contributed by atoms with E-state index in [0.717, 1.165) is 19.3 Å². The quantitative estimate of drug-likeness (QED) is 0.781. The molecule has 0 aromatic heterocycles. The van der Waals surface area contributed by atoms with Crippen LogP contribution in [0.15, 0.2) is 0 Å². The molecule has 0 bridgehead atoms. The molecular formula is C12H23NO2. The lowest BCUT2D eigenvalue weighted by Crippen LogP contribution is -2.59. The van der Waals surface area contributed by atoms with E-state index in [1.165, 1.54) is 6.42 Å². The SMILES string of the molecule is CC(C)C1CCCCC1(C(=O)O)N(C)C. The molecule has 1 saturated carbocycles. The van der Waals surface area contributed by atoms with Crippen molar-refractivity contribution < 1.29 is 9.90 Å². The molecule has 3 heteroatoms. The van der Waals surface area contributed by atoms with Gasteiger partial charge in [0.05, 0.1) is 0 Å². The number of nitrogens with zero attached hydrogens (tertiary/aromatic N) is 1. The van der Waals surface area contributed by atoms with Gasteiger partial charge in [-0.15, -0.1) is 0 Å². The van der Waals surface area contributed by atoms with Gasteiger partial charge in [-0.05, 0) is 38.8 Å². The number of carboxylic acids is 1. The third-order valence-corrected chi connectivity index (χ3v) is 3.91. The van der Waals surface area contributed by atoms with Crippen molar-refractivity contribution in [2.75, 3.05) is 14.1 Å². The van der Waals surface area contributed by atoms with E-state index >= 15 is 0 Å². The van der Waals surface area contributed by atoms with Gasteiger partial charge in [-0.2, -0.15) is 0 Å². The van der Waals surface area contributed by atoms with E-state index in [4.69, 9.17) is 0 Å².